The third kappa shape index (κ3) is 5.04. The zero-order valence-corrected chi connectivity index (χ0v) is 31.0. The van der Waals surface area contributed by atoms with Gasteiger partial charge in [-0.2, -0.15) is 0 Å². The quantitative estimate of drug-likeness (QED) is 0.175. The molecule has 0 saturated heterocycles. The van der Waals surface area contributed by atoms with Crippen LogP contribution in [0.25, 0.3) is 123 Å². The van der Waals surface area contributed by atoms with Crippen molar-refractivity contribution in [3.8, 4) is 44.5 Å². The summed E-state index contributed by atoms with van der Waals surface area (Å²) < 4.78 is 0. The number of fused-ring (bicyclic) bond motifs is 8. The minimum atomic E-state index is 0.828. The predicted octanol–water partition coefficient (Wildman–Crippen LogP) is 12.4. The maximum atomic E-state index is 5.51. The van der Waals surface area contributed by atoms with Crippen molar-refractivity contribution < 1.29 is 0 Å². The largest absolute Gasteiger partial charge is 0.354 e. The molecular formula is C51H31N7. The molecule has 8 heterocycles. The van der Waals surface area contributed by atoms with E-state index in [4.69, 9.17) is 9.97 Å². The Bertz CT molecular complexity index is 3440. The van der Waals surface area contributed by atoms with Crippen molar-refractivity contribution >= 4 is 78.7 Å². The second-order valence-corrected chi connectivity index (χ2v) is 14.7. The van der Waals surface area contributed by atoms with Crippen molar-refractivity contribution in [1.82, 2.24) is 34.9 Å². The van der Waals surface area contributed by atoms with Crippen molar-refractivity contribution in [1.29, 1.82) is 0 Å². The van der Waals surface area contributed by atoms with E-state index >= 15 is 0 Å². The van der Waals surface area contributed by atoms with E-state index in [-0.39, 0.29) is 0 Å². The Morgan fingerprint density at radius 2 is 0.759 bits per heavy atom. The van der Waals surface area contributed by atoms with Crippen LogP contribution in [0.1, 0.15) is 22.8 Å². The first-order chi connectivity index (χ1) is 28.7. The Morgan fingerprint density at radius 3 is 1.22 bits per heavy atom. The number of nitrogens with zero attached hydrogens (tertiary/aromatic N) is 5. The molecule has 2 N–H and O–H groups in total. The third-order valence-corrected chi connectivity index (χ3v) is 11.4. The molecule has 58 heavy (non-hydrogen) atoms. The number of H-pyrrole nitrogens is 2. The lowest BCUT2D eigenvalue weighted by molar-refractivity contribution is 1.28. The monoisotopic (exact) mass is 741 g/mol. The predicted molar refractivity (Wildman–Crippen MR) is 238 cm³/mol. The molecule has 0 saturated carbocycles. The van der Waals surface area contributed by atoms with Gasteiger partial charge in [0.15, 0.2) is 0 Å². The van der Waals surface area contributed by atoms with Crippen LogP contribution in [0, 0.1) is 0 Å². The van der Waals surface area contributed by atoms with Crippen molar-refractivity contribution in [2.24, 2.45) is 0 Å². The first kappa shape index (κ1) is 32.2. The smallest absolute Gasteiger partial charge is 0.0737 e. The summed E-state index contributed by atoms with van der Waals surface area (Å²) in [5, 5.41) is 7.38. The lowest BCUT2D eigenvalue weighted by Gasteiger charge is -2.14. The number of aromatic nitrogens is 7. The fraction of sp³-hybridized carbons (Fsp3) is 0. The maximum absolute atomic E-state index is 5.51. The molecule has 2 aliphatic rings. The molecule has 7 heteroatoms. The lowest BCUT2D eigenvalue weighted by Crippen LogP contribution is -1.91. The molecule has 0 aliphatic carbocycles. The van der Waals surface area contributed by atoms with Gasteiger partial charge < -0.3 is 9.97 Å². The summed E-state index contributed by atoms with van der Waals surface area (Å²) >= 11 is 0. The summed E-state index contributed by atoms with van der Waals surface area (Å²) in [5.74, 6) is 0. The van der Waals surface area contributed by atoms with Crippen LogP contribution in [-0.4, -0.2) is 34.9 Å². The van der Waals surface area contributed by atoms with Crippen LogP contribution >= 0.6 is 0 Å². The number of aromatic amines is 2. The average Bonchev–Trinajstić information content (AvgIpc) is 4.13. The molecule has 0 atom stereocenters. The fourth-order valence-electron chi connectivity index (χ4n) is 8.89. The van der Waals surface area contributed by atoms with Crippen molar-refractivity contribution in [3.05, 3.63) is 175 Å². The normalized spacial score (nSPS) is 12.3. The lowest BCUT2D eigenvalue weighted by atomic mass is 9.89. The Balaban J connectivity index is 1.27. The number of hydrogen-bond acceptors (Lipinski definition) is 5. The molecular weight excluding hydrogens is 711 g/mol. The van der Waals surface area contributed by atoms with Gasteiger partial charge in [0.05, 0.1) is 22.8 Å². The summed E-state index contributed by atoms with van der Waals surface area (Å²) in [6.45, 7) is 0. The van der Waals surface area contributed by atoms with Gasteiger partial charge in [0.25, 0.3) is 0 Å². The van der Waals surface area contributed by atoms with Crippen LogP contribution in [0.5, 0.6) is 0 Å². The molecule has 2 aliphatic heterocycles. The van der Waals surface area contributed by atoms with Gasteiger partial charge in [-0.3, -0.25) is 15.0 Å². The number of pyridine rings is 3. The molecule has 10 aromatic rings. The zero-order valence-electron chi connectivity index (χ0n) is 31.0. The van der Waals surface area contributed by atoms with Gasteiger partial charge in [-0.15, -0.1) is 0 Å². The van der Waals surface area contributed by atoms with Gasteiger partial charge in [0.1, 0.15) is 0 Å². The minimum Gasteiger partial charge on any atom is -0.354 e. The molecule has 8 bridgehead atoms. The van der Waals surface area contributed by atoms with Crippen LogP contribution in [0.3, 0.4) is 0 Å². The third-order valence-electron chi connectivity index (χ3n) is 11.4. The van der Waals surface area contributed by atoms with E-state index in [2.05, 4.69) is 146 Å². The molecule has 4 aromatic carbocycles. The van der Waals surface area contributed by atoms with E-state index in [1.807, 2.05) is 36.8 Å². The van der Waals surface area contributed by atoms with Crippen molar-refractivity contribution in [3.63, 3.8) is 0 Å². The number of hydrogen-bond donors (Lipinski definition) is 2. The molecule has 0 spiro atoms. The van der Waals surface area contributed by atoms with E-state index in [1.54, 1.807) is 18.6 Å². The topological polar surface area (TPSA) is 96.0 Å². The van der Waals surface area contributed by atoms with Crippen LogP contribution in [-0.2, 0) is 0 Å². The standard InChI is InChI=1S/C51H31N7/c1-5-30-10-11-32-13-15-37(36-14-12-31(6-1)46(30)47(32)36)51-44-22-20-42(57-44)49(34-8-3-25-53-28-34)40-18-16-38(55-40)48(33-7-2-24-52-27-33)39-17-19-41(56-39)50(35-9-4-26-54-29-35)43-21-23-45(51)58-43/h1-29,55,58H. The van der Waals surface area contributed by atoms with Gasteiger partial charge >= 0.3 is 0 Å². The van der Waals surface area contributed by atoms with Crippen LogP contribution in [0.4, 0.5) is 0 Å². The van der Waals surface area contributed by atoms with Gasteiger partial charge in [-0.25, -0.2) is 9.97 Å². The zero-order chi connectivity index (χ0) is 38.2. The first-order valence-corrected chi connectivity index (χ1v) is 19.3. The molecule has 270 valence electrons. The highest BCUT2D eigenvalue weighted by Crippen LogP contribution is 2.43. The Labute approximate surface area is 332 Å². The fourth-order valence-corrected chi connectivity index (χ4v) is 8.89. The van der Waals surface area contributed by atoms with Crippen LogP contribution < -0.4 is 0 Å². The van der Waals surface area contributed by atoms with E-state index < -0.39 is 0 Å². The molecule has 0 radical (unpaired) electrons. The molecule has 7 nitrogen and oxygen atoms in total. The van der Waals surface area contributed by atoms with E-state index in [9.17, 15) is 0 Å². The Kier molecular flexibility index (Phi) is 7.09. The molecule has 12 rings (SSSR count). The van der Waals surface area contributed by atoms with E-state index in [0.717, 1.165) is 89.4 Å². The SMILES string of the molecule is C1=Cc2nc1c(-c1cccnc1)c1ccc([nH]1)c(-c1cccnc1)c1nc(c(-c3ccc4ccc5cccc6ccc3c4c56)c3ccc([nH]3)c2-c2cccnc2)C=C1. The van der Waals surface area contributed by atoms with Gasteiger partial charge in [-0.1, -0.05) is 72.8 Å². The number of nitrogens with one attached hydrogen (secondary N) is 2. The minimum absolute atomic E-state index is 0.828. The summed E-state index contributed by atoms with van der Waals surface area (Å²) in [5.41, 5.74) is 14.9. The van der Waals surface area contributed by atoms with Crippen LogP contribution in [0.15, 0.2) is 152 Å². The Morgan fingerprint density at radius 1 is 0.345 bits per heavy atom. The van der Waals surface area contributed by atoms with Gasteiger partial charge in [-0.05, 0) is 105 Å². The highest BCUT2D eigenvalue weighted by molar-refractivity contribution is 6.26. The molecule has 6 aromatic heterocycles. The second kappa shape index (κ2) is 12.8. The van der Waals surface area contributed by atoms with Crippen LogP contribution in [0.2, 0.25) is 0 Å². The molecule has 0 unspecified atom stereocenters. The summed E-state index contributed by atoms with van der Waals surface area (Å²) in [6.07, 6.45) is 19.5. The molecule has 0 fully saturated rings. The second-order valence-electron chi connectivity index (χ2n) is 14.7. The maximum Gasteiger partial charge on any atom is 0.0737 e. The summed E-state index contributed by atoms with van der Waals surface area (Å²) in [7, 11) is 0. The Hall–Kier alpha value is -8.03. The molecule has 0 amide bonds. The van der Waals surface area contributed by atoms with E-state index in [0.29, 0.717) is 0 Å². The number of benzene rings is 4. The van der Waals surface area contributed by atoms with Crippen molar-refractivity contribution in [2.45, 2.75) is 0 Å². The highest BCUT2D eigenvalue weighted by Gasteiger charge is 2.21. The highest BCUT2D eigenvalue weighted by atomic mass is 14.8. The van der Waals surface area contributed by atoms with Crippen molar-refractivity contribution in [2.75, 3.05) is 0 Å². The van der Waals surface area contributed by atoms with Gasteiger partial charge in [0, 0.05) is 98.2 Å². The first-order valence-electron chi connectivity index (χ1n) is 19.3. The van der Waals surface area contributed by atoms with E-state index in [1.165, 1.54) is 32.3 Å². The van der Waals surface area contributed by atoms with Gasteiger partial charge in [0.2, 0.25) is 0 Å². The summed E-state index contributed by atoms with van der Waals surface area (Å²) in [4.78, 5) is 32.1. The average molecular weight is 742 g/mol. The summed E-state index contributed by atoms with van der Waals surface area (Å²) in [6, 6.07) is 40.7. The number of rotatable bonds is 4.